The minimum Gasteiger partial charge on any atom is -0.326 e. The summed E-state index contributed by atoms with van der Waals surface area (Å²) < 4.78 is 0. The Bertz CT molecular complexity index is 565. The molecule has 0 radical (unpaired) electrons. The molecule has 0 bridgehead atoms. The first-order chi connectivity index (χ1) is 9.45. The Balaban J connectivity index is 2.35. The third kappa shape index (κ3) is 3.43. The zero-order valence-electron chi connectivity index (χ0n) is 12.6. The molecule has 0 saturated heterocycles. The van der Waals surface area contributed by atoms with Crippen LogP contribution in [0.1, 0.15) is 38.3 Å². The van der Waals surface area contributed by atoms with Crippen molar-refractivity contribution in [3.05, 3.63) is 34.8 Å². The maximum absolute atomic E-state index is 5.87. The van der Waals surface area contributed by atoms with Gasteiger partial charge in [-0.05, 0) is 17.9 Å². The largest absolute Gasteiger partial charge is 0.326 e. The van der Waals surface area contributed by atoms with Gasteiger partial charge in [0.1, 0.15) is 5.01 Å². The Morgan fingerprint density at radius 2 is 1.85 bits per heavy atom. The molecule has 0 amide bonds. The zero-order valence-corrected chi connectivity index (χ0v) is 14.2. The van der Waals surface area contributed by atoms with Crippen molar-refractivity contribution in [1.82, 2.24) is 4.98 Å². The van der Waals surface area contributed by atoms with E-state index in [4.69, 9.17) is 10.7 Å². The van der Waals surface area contributed by atoms with Gasteiger partial charge in [-0.2, -0.15) is 0 Å². The molecular formula is C16H22N2S2. The van der Waals surface area contributed by atoms with Crippen molar-refractivity contribution in [2.45, 2.75) is 44.6 Å². The van der Waals surface area contributed by atoms with Gasteiger partial charge in [0.15, 0.2) is 0 Å². The quantitative estimate of drug-likeness (QED) is 0.834. The van der Waals surface area contributed by atoms with Gasteiger partial charge < -0.3 is 5.73 Å². The van der Waals surface area contributed by atoms with E-state index >= 15 is 0 Å². The highest BCUT2D eigenvalue weighted by atomic mass is 32.2. The lowest BCUT2D eigenvalue weighted by Crippen LogP contribution is -2.15. The van der Waals surface area contributed by atoms with Gasteiger partial charge in [0.25, 0.3) is 0 Å². The molecule has 2 N–H and O–H groups in total. The summed E-state index contributed by atoms with van der Waals surface area (Å²) in [5, 5.41) is 1.07. The summed E-state index contributed by atoms with van der Waals surface area (Å²) in [6.07, 6.45) is 0. The molecule has 2 aromatic rings. The van der Waals surface area contributed by atoms with E-state index in [1.54, 1.807) is 11.3 Å². The fraction of sp³-hybridized carbons (Fsp3) is 0.438. The van der Waals surface area contributed by atoms with E-state index in [2.05, 4.69) is 52.0 Å². The van der Waals surface area contributed by atoms with Gasteiger partial charge in [0.05, 0.1) is 5.69 Å². The van der Waals surface area contributed by atoms with Crippen LogP contribution >= 0.6 is 23.1 Å². The molecule has 0 fully saturated rings. The first kappa shape index (κ1) is 15.5. The van der Waals surface area contributed by atoms with Crippen LogP contribution in [-0.4, -0.2) is 10.7 Å². The molecule has 0 aliphatic rings. The third-order valence-electron chi connectivity index (χ3n) is 3.01. The molecule has 0 unspecified atom stereocenters. The number of thiazole rings is 1. The lowest BCUT2D eigenvalue weighted by Gasteiger charge is -2.16. The van der Waals surface area contributed by atoms with Crippen LogP contribution in [0.5, 0.6) is 0 Å². The summed E-state index contributed by atoms with van der Waals surface area (Å²) in [6.45, 7) is 9.29. The number of nitrogens with zero attached hydrogens (tertiary/aromatic N) is 1. The van der Waals surface area contributed by atoms with Crippen molar-refractivity contribution in [1.29, 1.82) is 0 Å². The van der Waals surface area contributed by atoms with Crippen LogP contribution in [0.3, 0.4) is 0 Å². The van der Waals surface area contributed by atoms with Crippen LogP contribution in [0.15, 0.2) is 29.2 Å². The maximum Gasteiger partial charge on any atom is 0.123 e. The van der Waals surface area contributed by atoms with Crippen molar-refractivity contribution in [3.8, 4) is 10.6 Å². The van der Waals surface area contributed by atoms with Crippen LogP contribution in [0, 0.1) is 0 Å². The number of aromatic nitrogens is 1. The molecule has 1 heterocycles. The lowest BCUT2D eigenvalue weighted by atomic mass is 9.91. The molecule has 0 saturated carbocycles. The fourth-order valence-corrected chi connectivity index (χ4v) is 3.88. The Morgan fingerprint density at radius 3 is 2.30 bits per heavy atom. The smallest absolute Gasteiger partial charge is 0.123 e. The normalized spacial score (nSPS) is 11.8. The first-order valence-electron chi connectivity index (χ1n) is 6.89. The summed E-state index contributed by atoms with van der Waals surface area (Å²) in [6, 6.07) is 8.65. The molecular weight excluding hydrogens is 284 g/mol. The number of hydrogen-bond donors (Lipinski definition) is 1. The second-order valence-electron chi connectivity index (χ2n) is 5.70. The minimum atomic E-state index is 0.0431. The Labute approximate surface area is 129 Å². The van der Waals surface area contributed by atoms with Gasteiger partial charge in [-0.1, -0.05) is 39.8 Å². The summed E-state index contributed by atoms with van der Waals surface area (Å²) in [5.41, 5.74) is 8.23. The van der Waals surface area contributed by atoms with E-state index in [9.17, 15) is 0 Å². The molecule has 1 aromatic heterocycles. The second-order valence-corrected chi connectivity index (χ2v) is 8.12. The SMILES string of the molecule is CCSc1ccc(-c2nc(C(C)(C)C)c(CN)s2)cc1. The number of benzene rings is 1. The van der Waals surface area contributed by atoms with Crippen molar-refractivity contribution in [3.63, 3.8) is 0 Å². The van der Waals surface area contributed by atoms with Crippen molar-refractivity contribution < 1.29 is 0 Å². The third-order valence-corrected chi connectivity index (χ3v) is 5.03. The first-order valence-corrected chi connectivity index (χ1v) is 8.69. The molecule has 0 aliphatic heterocycles. The maximum atomic E-state index is 5.87. The van der Waals surface area contributed by atoms with E-state index < -0.39 is 0 Å². The van der Waals surface area contributed by atoms with Crippen LogP contribution in [0.2, 0.25) is 0 Å². The van der Waals surface area contributed by atoms with Crippen LogP contribution in [0.4, 0.5) is 0 Å². The summed E-state index contributed by atoms with van der Waals surface area (Å²) in [7, 11) is 0. The minimum absolute atomic E-state index is 0.0431. The standard InChI is InChI=1S/C16H22N2S2/c1-5-19-12-8-6-11(7-9-12)15-18-14(16(2,3)4)13(10-17)20-15/h6-9H,5,10,17H2,1-4H3. The molecule has 2 rings (SSSR count). The van der Waals surface area contributed by atoms with Crippen LogP contribution < -0.4 is 5.73 Å². The van der Waals surface area contributed by atoms with Crippen molar-refractivity contribution in [2.75, 3.05) is 5.75 Å². The highest BCUT2D eigenvalue weighted by molar-refractivity contribution is 7.99. The number of nitrogens with two attached hydrogens (primary N) is 1. The van der Waals surface area contributed by atoms with E-state index in [1.807, 2.05) is 11.8 Å². The van der Waals surface area contributed by atoms with E-state index in [1.165, 1.54) is 15.3 Å². The summed E-state index contributed by atoms with van der Waals surface area (Å²) in [5.74, 6) is 1.10. The molecule has 2 nitrogen and oxygen atoms in total. The fourth-order valence-electron chi connectivity index (χ4n) is 2.06. The van der Waals surface area contributed by atoms with Gasteiger partial charge in [-0.15, -0.1) is 23.1 Å². The second kappa shape index (κ2) is 6.29. The van der Waals surface area contributed by atoms with E-state index in [0.717, 1.165) is 16.5 Å². The van der Waals surface area contributed by atoms with E-state index in [-0.39, 0.29) is 5.41 Å². The topological polar surface area (TPSA) is 38.9 Å². The van der Waals surface area contributed by atoms with E-state index in [0.29, 0.717) is 6.54 Å². The van der Waals surface area contributed by atoms with Gasteiger partial charge in [0, 0.05) is 27.3 Å². The predicted octanol–water partition coefficient (Wildman–Crippen LogP) is 4.68. The highest BCUT2D eigenvalue weighted by Crippen LogP contribution is 2.34. The van der Waals surface area contributed by atoms with Crippen molar-refractivity contribution in [2.24, 2.45) is 5.73 Å². The predicted molar refractivity (Wildman–Crippen MR) is 90.5 cm³/mol. The van der Waals surface area contributed by atoms with Gasteiger partial charge in [-0.25, -0.2) is 4.98 Å². The van der Waals surface area contributed by atoms with Crippen LogP contribution in [0.25, 0.3) is 10.6 Å². The molecule has 0 spiro atoms. The number of rotatable bonds is 4. The van der Waals surface area contributed by atoms with Gasteiger partial charge >= 0.3 is 0 Å². The lowest BCUT2D eigenvalue weighted by molar-refractivity contribution is 0.567. The molecule has 1 aromatic carbocycles. The Kier molecular flexibility index (Phi) is 4.89. The monoisotopic (exact) mass is 306 g/mol. The number of hydrogen-bond acceptors (Lipinski definition) is 4. The average molecular weight is 306 g/mol. The zero-order chi connectivity index (χ0) is 14.8. The highest BCUT2D eigenvalue weighted by Gasteiger charge is 2.22. The van der Waals surface area contributed by atoms with Gasteiger partial charge in [0.2, 0.25) is 0 Å². The average Bonchev–Trinajstić information content (AvgIpc) is 2.84. The summed E-state index contributed by atoms with van der Waals surface area (Å²) in [4.78, 5) is 7.33. The Morgan fingerprint density at radius 1 is 1.20 bits per heavy atom. The van der Waals surface area contributed by atoms with Gasteiger partial charge in [-0.3, -0.25) is 0 Å². The summed E-state index contributed by atoms with van der Waals surface area (Å²) >= 11 is 3.58. The van der Waals surface area contributed by atoms with Crippen molar-refractivity contribution >= 4 is 23.1 Å². The molecule has 20 heavy (non-hydrogen) atoms. The molecule has 0 aliphatic carbocycles. The van der Waals surface area contributed by atoms with Crippen LogP contribution in [-0.2, 0) is 12.0 Å². The molecule has 4 heteroatoms. The molecule has 108 valence electrons. The number of thioether (sulfide) groups is 1. The molecule has 0 atom stereocenters. The Hall–Kier alpha value is -0.840.